The lowest BCUT2D eigenvalue weighted by atomic mass is 10.4. The van der Waals surface area contributed by atoms with E-state index in [0.717, 1.165) is 0 Å². The molecule has 0 heterocycles. The second-order valence-corrected chi connectivity index (χ2v) is 2.77. The van der Waals surface area contributed by atoms with E-state index in [1.165, 1.54) is 0 Å². The molecule has 0 aromatic heterocycles. The molecule has 8 nitrogen and oxygen atoms in total. The molecule has 0 atom stereocenters. The average Bonchev–Trinajstić information content (AvgIpc) is 2.02. The molecule has 4 N–H and O–H groups in total. The molecule has 0 saturated carbocycles. The first-order chi connectivity index (χ1) is 6.52. The Bertz CT molecular complexity index is 197. The number of carbonyl (C=O) groups excluding carboxylic acids is 1. The van der Waals surface area contributed by atoms with Crippen LogP contribution in [0.5, 0.6) is 0 Å². The summed E-state index contributed by atoms with van der Waals surface area (Å²) in [5.74, 6) is -1.05. The van der Waals surface area contributed by atoms with Crippen LogP contribution in [0.4, 0.5) is 4.79 Å². The number of ether oxygens (including phenoxy) is 1. The monoisotopic (exact) mass is 227 g/mol. The van der Waals surface area contributed by atoms with Crippen molar-refractivity contribution in [2.45, 2.75) is 6.42 Å². The number of nitrogens with one attached hydrogen (secondary N) is 1. The van der Waals surface area contributed by atoms with Crippen LogP contribution in [0.25, 0.3) is 0 Å². The van der Waals surface area contributed by atoms with Crippen molar-refractivity contribution < 1.29 is 33.7 Å². The molecule has 0 aliphatic rings. The van der Waals surface area contributed by atoms with Crippen LogP contribution < -0.4 is 5.32 Å². The van der Waals surface area contributed by atoms with Gasteiger partial charge in [0.25, 0.3) is 0 Å². The number of amides is 1. The van der Waals surface area contributed by atoms with Gasteiger partial charge in [-0.05, 0) is 0 Å². The van der Waals surface area contributed by atoms with Crippen LogP contribution in [0.3, 0.4) is 0 Å². The highest BCUT2D eigenvalue weighted by molar-refractivity contribution is 7.39. The van der Waals surface area contributed by atoms with Crippen LogP contribution >= 0.6 is 8.60 Å². The maximum atomic E-state index is 10.6. The quantitative estimate of drug-likeness (QED) is 0.351. The lowest BCUT2D eigenvalue weighted by molar-refractivity contribution is -0.136. The first-order valence-corrected chi connectivity index (χ1v) is 4.62. The van der Waals surface area contributed by atoms with Gasteiger partial charge in [-0.2, -0.15) is 0 Å². The first kappa shape index (κ1) is 13.1. The molecule has 0 fully saturated rings. The van der Waals surface area contributed by atoms with Gasteiger partial charge in [-0.25, -0.2) is 4.79 Å². The maximum absolute atomic E-state index is 10.6. The summed E-state index contributed by atoms with van der Waals surface area (Å²) in [6.07, 6.45) is -1.11. The summed E-state index contributed by atoms with van der Waals surface area (Å²) in [5, 5.41) is 10.3. The number of hydrogen-bond acceptors (Lipinski definition) is 6. The zero-order valence-corrected chi connectivity index (χ0v) is 7.94. The fraction of sp³-hybridized carbons (Fsp3) is 0.600. The number of alkyl carbamates (subject to hydrolysis) is 1. The molecule has 0 radical (unpaired) electrons. The number of aliphatic carboxylic acids is 1. The van der Waals surface area contributed by atoms with Crippen LogP contribution in [0, 0.1) is 0 Å². The van der Waals surface area contributed by atoms with Gasteiger partial charge in [0, 0.05) is 6.54 Å². The maximum Gasteiger partial charge on any atom is 0.409 e. The summed E-state index contributed by atoms with van der Waals surface area (Å²) >= 11 is 0. The fourth-order valence-electron chi connectivity index (χ4n) is 0.450. The highest BCUT2D eigenvalue weighted by Gasteiger charge is 2.04. The van der Waals surface area contributed by atoms with Crippen molar-refractivity contribution in [1.82, 2.24) is 5.32 Å². The normalized spacial score (nSPS) is 9.93. The van der Waals surface area contributed by atoms with Gasteiger partial charge in [-0.3, -0.25) is 9.32 Å². The van der Waals surface area contributed by atoms with E-state index in [2.05, 4.69) is 14.6 Å². The summed E-state index contributed by atoms with van der Waals surface area (Å²) in [6, 6.07) is 0. The van der Waals surface area contributed by atoms with E-state index < -0.39 is 27.5 Å². The Morgan fingerprint density at radius 1 is 1.36 bits per heavy atom. The summed E-state index contributed by atoms with van der Waals surface area (Å²) < 4.78 is 8.38. The van der Waals surface area contributed by atoms with E-state index in [4.69, 9.17) is 14.9 Å². The molecule has 0 aliphatic carbocycles. The van der Waals surface area contributed by atoms with Gasteiger partial charge in [0.2, 0.25) is 6.79 Å². The molecule has 0 spiro atoms. The molecule has 0 bridgehead atoms. The van der Waals surface area contributed by atoms with Crippen molar-refractivity contribution in [3.63, 3.8) is 0 Å². The molecule has 0 unspecified atom stereocenters. The highest BCUT2D eigenvalue weighted by Crippen LogP contribution is 2.23. The van der Waals surface area contributed by atoms with E-state index in [0.29, 0.717) is 0 Å². The molecule has 9 heteroatoms. The summed E-state index contributed by atoms with van der Waals surface area (Å²) in [5.41, 5.74) is 0. The zero-order chi connectivity index (χ0) is 11.0. The van der Waals surface area contributed by atoms with Crippen LogP contribution in [0.2, 0.25) is 0 Å². The Hall–Kier alpha value is -0.950. The van der Waals surface area contributed by atoms with Crippen molar-refractivity contribution in [1.29, 1.82) is 0 Å². The Labute approximate surface area is 80.4 Å². The van der Waals surface area contributed by atoms with Gasteiger partial charge in [-0.15, -0.1) is 0 Å². The van der Waals surface area contributed by atoms with E-state index in [1.54, 1.807) is 0 Å². The van der Waals surface area contributed by atoms with Crippen LogP contribution in [0.1, 0.15) is 6.42 Å². The molecule has 82 valence electrons. The molecule has 0 rings (SSSR count). The van der Waals surface area contributed by atoms with Crippen molar-refractivity contribution in [2.24, 2.45) is 0 Å². The minimum Gasteiger partial charge on any atom is -0.481 e. The minimum absolute atomic E-state index is 0.0683. The molecular weight excluding hydrogens is 217 g/mol. The van der Waals surface area contributed by atoms with E-state index in [-0.39, 0.29) is 13.0 Å². The van der Waals surface area contributed by atoms with Crippen molar-refractivity contribution in [3.8, 4) is 0 Å². The Morgan fingerprint density at radius 3 is 2.50 bits per heavy atom. The lowest BCUT2D eigenvalue weighted by Crippen LogP contribution is -2.27. The predicted octanol–water partition coefficient (Wildman–Crippen LogP) is -0.627. The van der Waals surface area contributed by atoms with Crippen LogP contribution in [-0.4, -0.2) is 40.3 Å². The lowest BCUT2D eigenvalue weighted by Gasteiger charge is -2.06. The number of carboxylic acid groups (broad SMARTS) is 1. The van der Waals surface area contributed by atoms with E-state index in [1.807, 2.05) is 0 Å². The van der Waals surface area contributed by atoms with Gasteiger partial charge >= 0.3 is 20.7 Å². The molecule has 0 aromatic rings. The molecule has 0 aliphatic heterocycles. The third-order valence-electron chi connectivity index (χ3n) is 0.966. The first-order valence-electron chi connectivity index (χ1n) is 3.45. The van der Waals surface area contributed by atoms with Crippen LogP contribution in [-0.2, 0) is 14.1 Å². The number of hydrogen-bond donors (Lipinski definition) is 4. The number of carbonyl (C=O) groups is 2. The molecule has 14 heavy (non-hydrogen) atoms. The van der Waals surface area contributed by atoms with Gasteiger partial charge in [0.1, 0.15) is 0 Å². The summed E-state index contributed by atoms with van der Waals surface area (Å²) in [4.78, 5) is 37.1. The SMILES string of the molecule is O=C(O)CCNC(=O)OCOP(O)O. The molecule has 0 saturated heterocycles. The third kappa shape index (κ3) is 9.14. The van der Waals surface area contributed by atoms with Gasteiger partial charge in [0.05, 0.1) is 6.42 Å². The largest absolute Gasteiger partial charge is 0.481 e. The summed E-state index contributed by atoms with van der Waals surface area (Å²) in [6.45, 7) is -0.668. The third-order valence-corrected chi connectivity index (χ3v) is 1.30. The second kappa shape index (κ2) is 7.45. The van der Waals surface area contributed by atoms with Gasteiger partial charge < -0.3 is 24.9 Å². The van der Waals surface area contributed by atoms with Gasteiger partial charge in [0.15, 0.2) is 0 Å². The van der Waals surface area contributed by atoms with Crippen molar-refractivity contribution in [3.05, 3.63) is 0 Å². The Morgan fingerprint density at radius 2 is 2.00 bits per heavy atom. The smallest absolute Gasteiger partial charge is 0.409 e. The predicted molar refractivity (Wildman–Crippen MR) is 44.0 cm³/mol. The standard InChI is InChI=1S/C5H10NO7P/c7-4(8)1-2-6-5(9)12-3-13-14(10)11/h10-11H,1-3H2,(H,6,9)(H,7,8). The fourth-order valence-corrected chi connectivity index (χ4v) is 0.597. The van der Waals surface area contributed by atoms with Gasteiger partial charge in [-0.1, -0.05) is 0 Å². The minimum atomic E-state index is -2.55. The highest BCUT2D eigenvalue weighted by atomic mass is 31.2. The Kier molecular flexibility index (Phi) is 6.95. The van der Waals surface area contributed by atoms with E-state index in [9.17, 15) is 9.59 Å². The molecular formula is C5H10NO7P. The Balaban J connectivity index is 3.33. The van der Waals surface area contributed by atoms with E-state index >= 15 is 0 Å². The van der Waals surface area contributed by atoms with Crippen molar-refractivity contribution >= 4 is 20.7 Å². The second-order valence-electron chi connectivity index (χ2n) is 2.00. The number of rotatable bonds is 6. The topological polar surface area (TPSA) is 125 Å². The van der Waals surface area contributed by atoms with Crippen molar-refractivity contribution in [2.75, 3.05) is 13.3 Å². The molecule has 1 amide bonds. The van der Waals surface area contributed by atoms with Crippen LogP contribution in [0.15, 0.2) is 0 Å². The number of carboxylic acids is 1. The average molecular weight is 227 g/mol. The zero-order valence-electron chi connectivity index (χ0n) is 7.04. The summed E-state index contributed by atoms with van der Waals surface area (Å²) in [7, 11) is -2.55. The molecule has 0 aromatic carbocycles.